The number of carbonyl (C=O) groups excluding carboxylic acids is 1. The number of alkyl carbamates (subject to hydrolysis) is 1. The number of aromatic nitrogens is 3. The Morgan fingerprint density at radius 3 is 2.72 bits per heavy atom. The largest absolute Gasteiger partial charge is 0.441 e. The third kappa shape index (κ3) is 5.56. The van der Waals surface area contributed by atoms with E-state index in [2.05, 4.69) is 22.0 Å². The molecule has 29 heavy (non-hydrogen) atoms. The molecular weight excluding hydrogens is 388 g/mol. The van der Waals surface area contributed by atoms with Gasteiger partial charge in [-0.05, 0) is 38.5 Å². The first kappa shape index (κ1) is 21.9. The fourth-order valence-electron chi connectivity index (χ4n) is 2.53. The maximum atomic E-state index is 13.3. The molecule has 0 aromatic carbocycles. The highest BCUT2D eigenvalue weighted by Crippen LogP contribution is 2.33. The van der Waals surface area contributed by atoms with Crippen molar-refractivity contribution in [2.75, 3.05) is 0 Å². The van der Waals surface area contributed by atoms with Gasteiger partial charge < -0.3 is 10.1 Å². The van der Waals surface area contributed by atoms with Crippen LogP contribution in [-0.4, -0.2) is 31.3 Å². The highest BCUT2D eigenvalue weighted by Gasteiger charge is 2.28. The predicted octanol–water partition coefficient (Wildman–Crippen LogP) is 4.39. The lowest BCUT2D eigenvalue weighted by atomic mass is 10.1. The van der Waals surface area contributed by atoms with Crippen LogP contribution in [-0.2, 0) is 4.74 Å². The van der Waals surface area contributed by atoms with Crippen molar-refractivity contribution in [2.45, 2.75) is 45.4 Å². The van der Waals surface area contributed by atoms with Crippen molar-refractivity contribution >= 4 is 11.8 Å². The van der Waals surface area contributed by atoms with Gasteiger partial charge in [0, 0.05) is 18.2 Å². The molecule has 11 heteroatoms. The van der Waals surface area contributed by atoms with Gasteiger partial charge in [-0.25, -0.2) is 4.79 Å². The van der Waals surface area contributed by atoms with Crippen molar-refractivity contribution in [1.29, 1.82) is 0 Å². The van der Waals surface area contributed by atoms with Gasteiger partial charge in [0.2, 0.25) is 0 Å². The number of halogens is 2. The second-order valence-electron chi connectivity index (χ2n) is 7.13. The molecule has 2 heterocycles. The van der Waals surface area contributed by atoms with E-state index in [9.17, 15) is 23.7 Å². The van der Waals surface area contributed by atoms with Crippen molar-refractivity contribution in [1.82, 2.24) is 20.1 Å². The molecule has 2 aromatic rings. The maximum Gasteiger partial charge on any atom is 0.408 e. The molecule has 2 aromatic heterocycles. The van der Waals surface area contributed by atoms with Gasteiger partial charge in [-0.2, -0.15) is 18.6 Å². The van der Waals surface area contributed by atoms with Gasteiger partial charge in [0.25, 0.3) is 0 Å². The Kier molecular flexibility index (Phi) is 6.62. The summed E-state index contributed by atoms with van der Waals surface area (Å²) in [6.45, 7) is 5.88. The summed E-state index contributed by atoms with van der Waals surface area (Å²) in [6, 6.07) is 2.87. The molecule has 2 rings (SSSR count). The molecule has 0 spiro atoms. The van der Waals surface area contributed by atoms with Crippen LogP contribution in [0.5, 0.6) is 0 Å². The first-order valence-electron chi connectivity index (χ1n) is 8.59. The van der Waals surface area contributed by atoms with Gasteiger partial charge >= 0.3 is 18.3 Å². The monoisotopic (exact) mass is 409 g/mol. The summed E-state index contributed by atoms with van der Waals surface area (Å²) in [6.07, 6.45) is 2.32. The standard InChI is InChI=1S/C18H21F2N5O4/c1-5-6-14(29-17(26)23-18(2,3)4)11-7-8-21-12(9-11)15-13(25(27)28)10-22-24(15)16(19)20/h5,7-10,14,16H,1,6H2,2-4H3,(H,23,26)/t14-/m0/s1. The van der Waals surface area contributed by atoms with Crippen LogP contribution in [0.15, 0.2) is 37.2 Å². The van der Waals surface area contributed by atoms with E-state index in [0.29, 0.717) is 5.56 Å². The predicted molar refractivity (Wildman–Crippen MR) is 100 cm³/mol. The fraction of sp³-hybridized carbons (Fsp3) is 0.389. The lowest BCUT2D eigenvalue weighted by Crippen LogP contribution is -2.41. The lowest BCUT2D eigenvalue weighted by Gasteiger charge is -2.23. The molecule has 0 bridgehead atoms. The molecule has 0 saturated heterocycles. The van der Waals surface area contributed by atoms with Crippen molar-refractivity contribution < 1.29 is 23.2 Å². The molecule has 0 radical (unpaired) electrons. The number of hydrogen-bond donors (Lipinski definition) is 1. The zero-order valence-corrected chi connectivity index (χ0v) is 16.1. The van der Waals surface area contributed by atoms with Gasteiger partial charge in [0.1, 0.15) is 12.3 Å². The minimum Gasteiger partial charge on any atom is -0.441 e. The minimum absolute atomic E-state index is 0.0964. The van der Waals surface area contributed by atoms with Crippen LogP contribution in [0.1, 0.15) is 45.4 Å². The summed E-state index contributed by atoms with van der Waals surface area (Å²) in [4.78, 5) is 26.5. The smallest absolute Gasteiger partial charge is 0.408 e. The maximum absolute atomic E-state index is 13.3. The summed E-state index contributed by atoms with van der Waals surface area (Å²) >= 11 is 0. The number of nitrogens with zero attached hydrogens (tertiary/aromatic N) is 4. The molecule has 0 unspecified atom stereocenters. The van der Waals surface area contributed by atoms with E-state index < -0.39 is 40.6 Å². The number of amides is 1. The molecule has 0 fully saturated rings. The average molecular weight is 409 g/mol. The number of hydrogen-bond acceptors (Lipinski definition) is 6. The highest BCUT2D eigenvalue weighted by molar-refractivity contribution is 5.69. The van der Waals surface area contributed by atoms with E-state index in [1.165, 1.54) is 24.4 Å². The van der Waals surface area contributed by atoms with Crippen LogP contribution >= 0.6 is 0 Å². The Morgan fingerprint density at radius 1 is 1.48 bits per heavy atom. The number of carbonyl (C=O) groups is 1. The topological polar surface area (TPSA) is 112 Å². The Balaban J connectivity index is 2.44. The van der Waals surface area contributed by atoms with Gasteiger partial charge in [-0.1, -0.05) is 6.08 Å². The van der Waals surface area contributed by atoms with Crippen LogP contribution in [0.2, 0.25) is 0 Å². The van der Waals surface area contributed by atoms with Gasteiger partial charge in [-0.3, -0.25) is 15.1 Å². The Labute approximate surface area is 165 Å². The average Bonchev–Trinajstić information content (AvgIpc) is 3.05. The fourth-order valence-corrected chi connectivity index (χ4v) is 2.53. The molecule has 1 amide bonds. The zero-order chi connectivity index (χ0) is 21.8. The van der Waals surface area contributed by atoms with Crippen LogP contribution < -0.4 is 5.32 Å². The van der Waals surface area contributed by atoms with Crippen molar-refractivity contribution in [3.05, 3.63) is 52.9 Å². The van der Waals surface area contributed by atoms with E-state index in [0.717, 1.165) is 6.20 Å². The van der Waals surface area contributed by atoms with E-state index in [4.69, 9.17) is 4.74 Å². The number of nitrogens with one attached hydrogen (secondary N) is 1. The zero-order valence-electron chi connectivity index (χ0n) is 16.1. The Morgan fingerprint density at radius 2 is 2.17 bits per heavy atom. The van der Waals surface area contributed by atoms with Crippen molar-refractivity contribution in [2.24, 2.45) is 0 Å². The number of alkyl halides is 2. The molecular formula is C18H21F2N5O4. The van der Waals surface area contributed by atoms with Crippen LogP contribution in [0, 0.1) is 10.1 Å². The normalized spacial score (nSPS) is 12.5. The molecule has 0 aliphatic rings. The van der Waals surface area contributed by atoms with Crippen LogP contribution in [0.25, 0.3) is 11.4 Å². The second-order valence-corrected chi connectivity index (χ2v) is 7.13. The second kappa shape index (κ2) is 8.76. The molecule has 0 aliphatic heterocycles. The lowest BCUT2D eigenvalue weighted by molar-refractivity contribution is -0.384. The van der Waals surface area contributed by atoms with Gasteiger partial charge in [0.15, 0.2) is 5.69 Å². The molecule has 0 saturated carbocycles. The highest BCUT2D eigenvalue weighted by atomic mass is 19.3. The number of pyridine rings is 1. The number of ether oxygens (including phenoxy) is 1. The van der Waals surface area contributed by atoms with Crippen molar-refractivity contribution in [3.63, 3.8) is 0 Å². The summed E-state index contributed by atoms with van der Waals surface area (Å²) in [5.74, 6) is 0. The molecule has 156 valence electrons. The molecule has 9 nitrogen and oxygen atoms in total. The SMILES string of the molecule is C=CC[C@H](OC(=O)NC(C)(C)C)c1ccnc(-c2c([N+](=O)[O-])cnn2C(F)F)c1. The third-order valence-corrected chi connectivity index (χ3v) is 3.66. The quantitative estimate of drug-likeness (QED) is 0.412. The summed E-state index contributed by atoms with van der Waals surface area (Å²) < 4.78 is 32.2. The van der Waals surface area contributed by atoms with Crippen molar-refractivity contribution in [3.8, 4) is 11.4 Å². The van der Waals surface area contributed by atoms with E-state index in [1.807, 2.05) is 0 Å². The summed E-state index contributed by atoms with van der Waals surface area (Å²) in [5.41, 5.74) is -1.26. The first-order chi connectivity index (χ1) is 13.5. The summed E-state index contributed by atoms with van der Waals surface area (Å²) in [5, 5.41) is 17.3. The molecule has 1 N–H and O–H groups in total. The third-order valence-electron chi connectivity index (χ3n) is 3.66. The first-order valence-corrected chi connectivity index (χ1v) is 8.59. The van der Waals surface area contributed by atoms with Gasteiger partial charge in [0.05, 0.1) is 10.6 Å². The number of rotatable bonds is 7. The van der Waals surface area contributed by atoms with E-state index in [1.54, 1.807) is 20.8 Å². The number of nitro groups is 1. The summed E-state index contributed by atoms with van der Waals surface area (Å²) in [7, 11) is 0. The van der Waals surface area contributed by atoms with Crippen LogP contribution in [0.4, 0.5) is 19.3 Å². The van der Waals surface area contributed by atoms with Gasteiger partial charge in [-0.15, -0.1) is 6.58 Å². The minimum atomic E-state index is -3.10. The van der Waals surface area contributed by atoms with E-state index >= 15 is 0 Å². The van der Waals surface area contributed by atoms with Crippen LogP contribution in [0.3, 0.4) is 0 Å². The molecule has 0 aliphatic carbocycles. The Hall–Kier alpha value is -3.37. The molecule has 1 atom stereocenters. The Bertz CT molecular complexity index is 908. The van der Waals surface area contributed by atoms with E-state index in [-0.39, 0.29) is 16.8 Å².